The van der Waals surface area contributed by atoms with Crippen LogP contribution in [0.25, 0.3) is 0 Å². The van der Waals surface area contributed by atoms with E-state index in [4.69, 9.17) is 4.99 Å². The van der Waals surface area contributed by atoms with Crippen LogP contribution in [0.2, 0.25) is 0 Å². The second kappa shape index (κ2) is 11.7. The van der Waals surface area contributed by atoms with E-state index in [9.17, 15) is 4.79 Å². The molecule has 0 saturated carbocycles. The molecule has 1 amide bonds. The van der Waals surface area contributed by atoms with Crippen LogP contribution in [0.3, 0.4) is 0 Å². The number of carbonyl (C=O) groups excluding carboxylic acids is 1. The molecule has 7 nitrogen and oxygen atoms in total. The van der Waals surface area contributed by atoms with Crippen molar-refractivity contribution >= 4 is 33.9 Å². The van der Waals surface area contributed by atoms with E-state index in [1.165, 1.54) is 5.00 Å². The number of anilines is 2. The molecule has 2 aromatic rings. The number of nitrogens with zero attached hydrogens (tertiary/aromatic N) is 3. The molecule has 0 atom stereocenters. The molecule has 3 N–H and O–H groups in total. The molecule has 8 heteroatoms. The van der Waals surface area contributed by atoms with E-state index >= 15 is 0 Å². The normalized spacial score (nSPS) is 15.2. The SMILES string of the molecule is CCNC(=NCc1cccc(NC(=O)CN(C)C)c1)NC1CCN(c2cccs2)CC1. The van der Waals surface area contributed by atoms with Gasteiger partial charge in [0, 0.05) is 31.4 Å². The standard InChI is InChI=1S/C23H34N6OS/c1-4-24-23(27-19-10-12-29(13-11-19)22-9-6-14-31-22)25-16-18-7-5-8-20(15-18)26-21(30)17-28(2)3/h5-9,14-15,19H,4,10-13,16-17H2,1-3H3,(H,26,30)(H2,24,25,27). The van der Waals surface area contributed by atoms with Crippen LogP contribution in [0, 0.1) is 0 Å². The molecule has 0 bridgehead atoms. The van der Waals surface area contributed by atoms with Crippen molar-refractivity contribution < 1.29 is 4.79 Å². The molecule has 1 aromatic heterocycles. The predicted molar refractivity (Wildman–Crippen MR) is 131 cm³/mol. The van der Waals surface area contributed by atoms with Crippen LogP contribution >= 0.6 is 11.3 Å². The number of rotatable bonds is 8. The molecular formula is C23H34N6OS. The van der Waals surface area contributed by atoms with Crippen molar-refractivity contribution in [2.45, 2.75) is 32.4 Å². The lowest BCUT2D eigenvalue weighted by Gasteiger charge is -2.33. The summed E-state index contributed by atoms with van der Waals surface area (Å²) in [6, 6.07) is 12.6. The minimum absolute atomic E-state index is 0.0189. The van der Waals surface area contributed by atoms with Crippen molar-refractivity contribution in [3.8, 4) is 0 Å². The van der Waals surface area contributed by atoms with Crippen molar-refractivity contribution in [1.29, 1.82) is 0 Å². The Balaban J connectivity index is 1.54. The summed E-state index contributed by atoms with van der Waals surface area (Å²) in [5.41, 5.74) is 1.87. The third-order valence-electron chi connectivity index (χ3n) is 5.09. The summed E-state index contributed by atoms with van der Waals surface area (Å²) in [6.07, 6.45) is 2.19. The number of hydrogen-bond donors (Lipinski definition) is 3. The highest BCUT2D eigenvalue weighted by Crippen LogP contribution is 2.24. The number of benzene rings is 1. The molecule has 0 spiro atoms. The van der Waals surface area contributed by atoms with Gasteiger partial charge in [-0.2, -0.15) is 0 Å². The van der Waals surface area contributed by atoms with E-state index < -0.39 is 0 Å². The third kappa shape index (κ3) is 7.56. The molecule has 1 aliphatic heterocycles. The van der Waals surface area contributed by atoms with Crippen molar-refractivity contribution in [3.63, 3.8) is 0 Å². The number of nitrogens with one attached hydrogen (secondary N) is 3. The van der Waals surface area contributed by atoms with Gasteiger partial charge in [0.1, 0.15) is 0 Å². The quantitative estimate of drug-likeness (QED) is 0.433. The molecule has 2 heterocycles. The number of thiophene rings is 1. The Morgan fingerprint density at radius 1 is 1.23 bits per heavy atom. The molecule has 1 aromatic carbocycles. The van der Waals surface area contributed by atoms with Crippen LogP contribution in [0.4, 0.5) is 10.7 Å². The van der Waals surface area contributed by atoms with Crippen molar-refractivity contribution in [2.24, 2.45) is 4.99 Å². The molecule has 31 heavy (non-hydrogen) atoms. The van der Waals surface area contributed by atoms with Gasteiger partial charge in [-0.3, -0.25) is 4.79 Å². The average Bonchev–Trinajstić information content (AvgIpc) is 3.27. The number of guanidine groups is 1. The summed E-state index contributed by atoms with van der Waals surface area (Å²) in [5.74, 6) is 0.827. The van der Waals surface area contributed by atoms with E-state index in [0.717, 1.165) is 49.7 Å². The first-order chi connectivity index (χ1) is 15.0. The van der Waals surface area contributed by atoms with Gasteiger partial charge in [-0.05, 0) is 69.1 Å². The Labute approximate surface area is 189 Å². The molecule has 1 aliphatic rings. The Kier molecular flexibility index (Phi) is 8.73. The minimum atomic E-state index is -0.0189. The molecule has 1 fully saturated rings. The van der Waals surface area contributed by atoms with Gasteiger partial charge in [-0.1, -0.05) is 12.1 Å². The zero-order valence-electron chi connectivity index (χ0n) is 18.7. The zero-order valence-corrected chi connectivity index (χ0v) is 19.5. The van der Waals surface area contributed by atoms with Crippen molar-refractivity contribution in [2.75, 3.05) is 50.5 Å². The highest BCUT2D eigenvalue weighted by Gasteiger charge is 2.20. The van der Waals surface area contributed by atoms with Crippen LogP contribution in [0.15, 0.2) is 46.8 Å². The maximum Gasteiger partial charge on any atom is 0.238 e. The maximum absolute atomic E-state index is 12.0. The Hall–Kier alpha value is -2.58. The van der Waals surface area contributed by atoms with E-state index in [2.05, 4.69) is 45.3 Å². The van der Waals surface area contributed by atoms with Gasteiger partial charge in [0.2, 0.25) is 5.91 Å². The summed E-state index contributed by atoms with van der Waals surface area (Å²) >= 11 is 1.81. The van der Waals surface area contributed by atoms with Crippen LogP contribution < -0.4 is 20.9 Å². The van der Waals surface area contributed by atoms with Crippen LogP contribution in [0.5, 0.6) is 0 Å². The number of aliphatic imine (C=N–C) groups is 1. The third-order valence-corrected chi connectivity index (χ3v) is 6.02. The van der Waals surface area contributed by atoms with Crippen LogP contribution in [-0.4, -0.2) is 63.1 Å². The molecule has 0 aliphatic carbocycles. The first-order valence-corrected chi connectivity index (χ1v) is 11.8. The second-order valence-corrected chi connectivity index (χ2v) is 8.96. The summed E-state index contributed by atoms with van der Waals surface area (Å²) in [7, 11) is 3.76. The summed E-state index contributed by atoms with van der Waals surface area (Å²) in [4.78, 5) is 21.1. The molecule has 3 rings (SSSR count). The molecule has 0 unspecified atom stereocenters. The Morgan fingerprint density at radius 2 is 2.03 bits per heavy atom. The molecule has 1 saturated heterocycles. The number of carbonyl (C=O) groups is 1. The monoisotopic (exact) mass is 442 g/mol. The van der Waals surface area contributed by atoms with Crippen LogP contribution in [-0.2, 0) is 11.3 Å². The van der Waals surface area contributed by atoms with Gasteiger partial charge in [0.05, 0.1) is 18.1 Å². The smallest absolute Gasteiger partial charge is 0.238 e. The molecular weight excluding hydrogens is 408 g/mol. The fourth-order valence-electron chi connectivity index (χ4n) is 3.61. The first-order valence-electron chi connectivity index (χ1n) is 10.9. The van der Waals surface area contributed by atoms with Crippen molar-refractivity contribution in [3.05, 3.63) is 47.3 Å². The highest BCUT2D eigenvalue weighted by molar-refractivity contribution is 7.14. The number of amides is 1. The van der Waals surface area contributed by atoms with E-state index in [1.54, 1.807) is 11.3 Å². The van der Waals surface area contributed by atoms with E-state index in [0.29, 0.717) is 19.1 Å². The average molecular weight is 443 g/mol. The molecule has 168 valence electrons. The first kappa shape index (κ1) is 23.1. The fourth-order valence-corrected chi connectivity index (χ4v) is 4.40. The fraction of sp³-hybridized carbons (Fsp3) is 0.478. The minimum Gasteiger partial charge on any atom is -0.363 e. The second-order valence-electron chi connectivity index (χ2n) is 8.04. The van der Waals surface area contributed by atoms with Gasteiger partial charge < -0.3 is 25.8 Å². The Bertz CT molecular complexity index is 844. The molecule has 0 radical (unpaired) electrons. The summed E-state index contributed by atoms with van der Waals surface area (Å²) in [5, 5.41) is 13.4. The van der Waals surface area contributed by atoms with Crippen LogP contribution in [0.1, 0.15) is 25.3 Å². The predicted octanol–water partition coefficient (Wildman–Crippen LogP) is 2.97. The lowest BCUT2D eigenvalue weighted by atomic mass is 10.1. The zero-order chi connectivity index (χ0) is 22.1. The van der Waals surface area contributed by atoms with Gasteiger partial charge in [-0.15, -0.1) is 11.3 Å². The van der Waals surface area contributed by atoms with E-state index in [1.807, 2.05) is 43.3 Å². The number of piperidine rings is 1. The maximum atomic E-state index is 12.0. The summed E-state index contributed by atoms with van der Waals surface area (Å²) < 4.78 is 0. The van der Waals surface area contributed by atoms with Gasteiger partial charge in [-0.25, -0.2) is 4.99 Å². The van der Waals surface area contributed by atoms with Gasteiger partial charge in [0.15, 0.2) is 5.96 Å². The Morgan fingerprint density at radius 3 is 2.71 bits per heavy atom. The lowest BCUT2D eigenvalue weighted by molar-refractivity contribution is -0.116. The van der Waals surface area contributed by atoms with Crippen molar-refractivity contribution in [1.82, 2.24) is 15.5 Å². The number of hydrogen-bond acceptors (Lipinski definition) is 5. The van der Waals surface area contributed by atoms with Gasteiger partial charge >= 0.3 is 0 Å². The van der Waals surface area contributed by atoms with E-state index in [-0.39, 0.29) is 5.91 Å². The topological polar surface area (TPSA) is 72.0 Å². The largest absolute Gasteiger partial charge is 0.363 e. The van der Waals surface area contributed by atoms with Gasteiger partial charge in [0.25, 0.3) is 0 Å². The summed E-state index contributed by atoms with van der Waals surface area (Å²) in [6.45, 7) is 5.94. The highest BCUT2D eigenvalue weighted by atomic mass is 32.1. The lowest BCUT2D eigenvalue weighted by Crippen LogP contribution is -2.48. The number of likely N-dealkylation sites (N-methyl/N-ethyl adjacent to an activating group) is 1.